The molecule has 2 fully saturated rings. The van der Waals surface area contributed by atoms with Crippen molar-refractivity contribution in [1.29, 1.82) is 5.41 Å². The van der Waals surface area contributed by atoms with Crippen LogP contribution in [0.15, 0.2) is 59.9 Å². The van der Waals surface area contributed by atoms with Crippen molar-refractivity contribution in [2.24, 2.45) is 0 Å². The van der Waals surface area contributed by atoms with Crippen molar-refractivity contribution in [2.45, 2.75) is 25.1 Å². The quantitative estimate of drug-likeness (QED) is 0.495. The van der Waals surface area contributed by atoms with E-state index in [0.29, 0.717) is 37.4 Å². The number of alkyl halides is 3. The number of aromatic nitrogens is 1. The highest BCUT2D eigenvalue weighted by Crippen LogP contribution is 2.29. The van der Waals surface area contributed by atoms with E-state index in [0.717, 1.165) is 18.7 Å². The molecule has 10 heteroatoms. The Kier molecular flexibility index (Phi) is 7.16. The largest absolute Gasteiger partial charge is 0.475 e. The number of nitrogens with zero attached hydrogens (tertiary/aromatic N) is 2. The van der Waals surface area contributed by atoms with Crippen LogP contribution in [-0.4, -0.2) is 60.5 Å². The number of halogens is 3. The van der Waals surface area contributed by atoms with Gasteiger partial charge in [-0.15, -0.1) is 0 Å². The number of rotatable bonds is 6. The zero-order valence-electron chi connectivity index (χ0n) is 18.4. The summed E-state index contributed by atoms with van der Waals surface area (Å²) in [5, 5.41) is 12.0. The number of hydrogen-bond acceptors (Lipinski definition) is 6. The summed E-state index contributed by atoms with van der Waals surface area (Å²) < 4.78 is 49.4. The molecule has 2 saturated heterocycles. The van der Waals surface area contributed by atoms with Gasteiger partial charge in [-0.2, -0.15) is 13.2 Å². The lowest BCUT2D eigenvalue weighted by molar-refractivity contribution is -0.138. The first-order valence-corrected chi connectivity index (χ1v) is 11.0. The van der Waals surface area contributed by atoms with Crippen LogP contribution in [0.2, 0.25) is 0 Å². The number of morpholine rings is 1. The maximum atomic E-state index is 13.7. The van der Waals surface area contributed by atoms with Crippen molar-refractivity contribution in [3.05, 3.63) is 71.1 Å². The highest BCUT2D eigenvalue weighted by Gasteiger charge is 2.35. The van der Waals surface area contributed by atoms with Crippen LogP contribution in [0.25, 0.3) is 0 Å². The molecule has 34 heavy (non-hydrogen) atoms. The Bertz CT molecular complexity index is 1050. The van der Waals surface area contributed by atoms with Crippen LogP contribution in [-0.2, 0) is 15.7 Å². The normalized spacial score (nSPS) is 20.0. The molecule has 0 saturated carbocycles. The van der Waals surface area contributed by atoms with Crippen LogP contribution >= 0.6 is 0 Å². The predicted octanol–water partition coefficient (Wildman–Crippen LogP) is 3.41. The average molecular weight is 474 g/mol. The second-order valence-corrected chi connectivity index (χ2v) is 8.06. The third kappa shape index (κ3) is 5.39. The molecule has 2 aromatic rings. The van der Waals surface area contributed by atoms with Gasteiger partial charge in [-0.1, -0.05) is 30.3 Å². The van der Waals surface area contributed by atoms with Crippen molar-refractivity contribution >= 4 is 11.6 Å². The van der Waals surface area contributed by atoms with Gasteiger partial charge < -0.3 is 19.7 Å². The molecular weight excluding hydrogens is 449 g/mol. The second kappa shape index (κ2) is 10.3. The molecule has 0 spiro atoms. The van der Waals surface area contributed by atoms with E-state index in [1.165, 1.54) is 6.07 Å². The van der Waals surface area contributed by atoms with Gasteiger partial charge in [0, 0.05) is 30.9 Å². The van der Waals surface area contributed by atoms with E-state index in [9.17, 15) is 18.0 Å². The highest BCUT2D eigenvalue weighted by molar-refractivity contribution is 6.27. The van der Waals surface area contributed by atoms with Crippen LogP contribution in [0.1, 0.15) is 24.0 Å². The molecule has 1 aromatic heterocycles. The third-order valence-electron chi connectivity index (χ3n) is 5.78. The number of amides is 1. The van der Waals surface area contributed by atoms with Crippen LogP contribution in [0.5, 0.6) is 5.88 Å². The molecule has 1 aromatic carbocycles. The van der Waals surface area contributed by atoms with E-state index < -0.39 is 11.7 Å². The Hall–Kier alpha value is -3.40. The number of nitrogens with one attached hydrogen (secondary N) is 2. The second-order valence-electron chi connectivity index (χ2n) is 8.06. The van der Waals surface area contributed by atoms with Gasteiger partial charge in [0.25, 0.3) is 5.91 Å². The molecular formula is C24H25F3N4O3. The molecule has 1 amide bonds. The first-order valence-electron chi connectivity index (χ1n) is 11.0. The summed E-state index contributed by atoms with van der Waals surface area (Å²) in [5.41, 5.74) is 0.697. The lowest BCUT2D eigenvalue weighted by Crippen LogP contribution is -2.43. The van der Waals surface area contributed by atoms with E-state index in [1.54, 1.807) is 17.0 Å². The molecule has 7 nitrogen and oxygen atoms in total. The SMILES string of the molecule is N=C(/C(C(=O)N1CCC[C@H]1COc1ccc(C(F)(F)F)cn1)=C1/COCCN1)c1ccccc1. The van der Waals surface area contributed by atoms with E-state index >= 15 is 0 Å². The summed E-state index contributed by atoms with van der Waals surface area (Å²) in [4.78, 5) is 19.1. The van der Waals surface area contributed by atoms with Gasteiger partial charge in [0.15, 0.2) is 0 Å². The average Bonchev–Trinajstić information content (AvgIpc) is 3.32. The maximum Gasteiger partial charge on any atom is 0.417 e. The lowest BCUT2D eigenvalue weighted by Gasteiger charge is -2.28. The summed E-state index contributed by atoms with van der Waals surface area (Å²) in [6, 6.07) is 10.8. The highest BCUT2D eigenvalue weighted by atomic mass is 19.4. The number of benzene rings is 1. The minimum Gasteiger partial charge on any atom is -0.475 e. The maximum absolute atomic E-state index is 13.7. The summed E-state index contributed by atoms with van der Waals surface area (Å²) in [6.45, 7) is 1.85. The molecule has 1 atom stereocenters. The summed E-state index contributed by atoms with van der Waals surface area (Å²) in [5.74, 6) is -0.237. The lowest BCUT2D eigenvalue weighted by atomic mass is 9.98. The number of pyridine rings is 1. The summed E-state index contributed by atoms with van der Waals surface area (Å²) >= 11 is 0. The van der Waals surface area contributed by atoms with Gasteiger partial charge >= 0.3 is 6.18 Å². The van der Waals surface area contributed by atoms with Crippen molar-refractivity contribution < 1.29 is 27.4 Å². The van der Waals surface area contributed by atoms with Crippen LogP contribution in [0.3, 0.4) is 0 Å². The molecule has 3 heterocycles. The van der Waals surface area contributed by atoms with Gasteiger partial charge in [0.2, 0.25) is 5.88 Å². The first kappa shape index (κ1) is 23.7. The summed E-state index contributed by atoms with van der Waals surface area (Å²) in [6.07, 6.45) is -2.31. The molecule has 4 rings (SSSR count). The van der Waals surface area contributed by atoms with Crippen molar-refractivity contribution in [3.8, 4) is 5.88 Å². The standard InChI is InChI=1S/C24H25F3N4O3/c25-24(26,27)17-8-9-20(30-13-17)34-14-18-7-4-11-31(18)23(32)21(19-15-33-12-10-29-19)22(28)16-5-2-1-3-6-16/h1-3,5-6,8-9,13,18,28-29H,4,7,10-12,14-15H2/b21-19+,28-22?/t18-/m0/s1. The monoisotopic (exact) mass is 474 g/mol. The van der Waals surface area contributed by atoms with E-state index in [-0.39, 0.29) is 42.3 Å². The molecule has 0 unspecified atom stereocenters. The molecule has 0 radical (unpaired) electrons. The molecule has 0 bridgehead atoms. The molecule has 0 aliphatic carbocycles. The summed E-state index contributed by atoms with van der Waals surface area (Å²) in [7, 11) is 0. The number of hydrogen-bond donors (Lipinski definition) is 2. The van der Waals surface area contributed by atoms with E-state index in [4.69, 9.17) is 14.9 Å². The molecule has 180 valence electrons. The number of likely N-dealkylation sites (tertiary alicyclic amines) is 1. The fourth-order valence-corrected chi connectivity index (χ4v) is 4.03. The van der Waals surface area contributed by atoms with Gasteiger partial charge in [-0.05, 0) is 18.9 Å². The topological polar surface area (TPSA) is 87.5 Å². The fourth-order valence-electron chi connectivity index (χ4n) is 4.03. The Labute approximate surface area is 195 Å². The minimum absolute atomic E-state index is 0.0604. The van der Waals surface area contributed by atoms with Gasteiger partial charge in [-0.25, -0.2) is 4.98 Å². The zero-order chi connectivity index (χ0) is 24.1. The zero-order valence-corrected chi connectivity index (χ0v) is 18.4. The van der Waals surface area contributed by atoms with Crippen LogP contribution < -0.4 is 10.1 Å². The van der Waals surface area contributed by atoms with E-state index in [2.05, 4.69) is 10.3 Å². The molecule has 2 aliphatic rings. The van der Waals surface area contributed by atoms with Gasteiger partial charge in [0.1, 0.15) is 6.61 Å². The van der Waals surface area contributed by atoms with E-state index in [1.807, 2.05) is 18.2 Å². The first-order chi connectivity index (χ1) is 16.3. The Balaban J connectivity index is 1.51. The van der Waals surface area contributed by atoms with Gasteiger partial charge in [-0.3, -0.25) is 10.2 Å². The van der Waals surface area contributed by atoms with Crippen molar-refractivity contribution in [1.82, 2.24) is 15.2 Å². The number of carbonyl (C=O) groups excluding carboxylic acids is 1. The number of carbonyl (C=O) groups is 1. The number of ether oxygens (including phenoxy) is 2. The van der Waals surface area contributed by atoms with Crippen LogP contribution in [0, 0.1) is 5.41 Å². The predicted molar refractivity (Wildman–Crippen MR) is 119 cm³/mol. The van der Waals surface area contributed by atoms with Gasteiger partial charge in [0.05, 0.1) is 41.8 Å². The Morgan fingerprint density at radius 3 is 2.68 bits per heavy atom. The minimum atomic E-state index is -4.47. The van der Waals surface area contributed by atoms with Crippen LogP contribution in [0.4, 0.5) is 13.2 Å². The third-order valence-corrected chi connectivity index (χ3v) is 5.78. The Morgan fingerprint density at radius 2 is 2.03 bits per heavy atom. The van der Waals surface area contributed by atoms with Crippen molar-refractivity contribution in [3.63, 3.8) is 0 Å². The van der Waals surface area contributed by atoms with Crippen molar-refractivity contribution in [2.75, 3.05) is 32.9 Å². The Morgan fingerprint density at radius 1 is 1.24 bits per heavy atom. The smallest absolute Gasteiger partial charge is 0.417 e. The molecule has 2 aliphatic heterocycles. The fraction of sp³-hybridized carbons (Fsp3) is 0.375. The molecule has 2 N–H and O–H groups in total.